The maximum absolute atomic E-state index is 9.79. The fourth-order valence-electron chi connectivity index (χ4n) is 0.443. The summed E-state index contributed by atoms with van der Waals surface area (Å²) >= 11 is 0. The van der Waals surface area contributed by atoms with Gasteiger partial charge in [0.05, 0.1) is 0 Å². The Bertz CT molecular complexity index is 183. The molecule has 47 valence electrons. The first-order valence-electron chi connectivity index (χ1n) is 2.28. The van der Waals surface area contributed by atoms with E-state index in [2.05, 4.69) is 15.6 Å². The van der Waals surface area contributed by atoms with E-state index in [1.54, 1.807) is 0 Å². The van der Waals surface area contributed by atoms with E-state index in [-0.39, 0.29) is 5.82 Å². The minimum Gasteiger partial charge on any atom is -0.381 e. The Morgan fingerprint density at radius 1 is 1.78 bits per heavy atom. The number of nitrogens with one attached hydrogen (secondary N) is 1. The van der Waals surface area contributed by atoms with E-state index >= 15 is 0 Å². The summed E-state index contributed by atoms with van der Waals surface area (Å²) < 4.78 is 0. The SMILES string of the molecule is NC1=C(NC=O)N=C[N]1. The number of amides is 1. The Morgan fingerprint density at radius 2 is 2.56 bits per heavy atom. The summed E-state index contributed by atoms with van der Waals surface area (Å²) in [6.07, 6.45) is 1.78. The second-order valence-corrected chi connectivity index (χ2v) is 1.37. The molecule has 9 heavy (non-hydrogen) atoms. The van der Waals surface area contributed by atoms with Crippen molar-refractivity contribution in [1.82, 2.24) is 10.6 Å². The lowest BCUT2D eigenvalue weighted by Gasteiger charge is -1.93. The predicted molar refractivity (Wildman–Crippen MR) is 31.0 cm³/mol. The summed E-state index contributed by atoms with van der Waals surface area (Å²) in [5, 5.41) is 5.86. The van der Waals surface area contributed by atoms with Crippen LogP contribution in [0.1, 0.15) is 0 Å². The summed E-state index contributed by atoms with van der Waals surface area (Å²) in [5.74, 6) is 0.548. The number of nitrogens with zero attached hydrogens (tertiary/aromatic N) is 2. The molecule has 0 unspecified atom stereocenters. The second kappa shape index (κ2) is 2.17. The summed E-state index contributed by atoms with van der Waals surface area (Å²) in [6.45, 7) is 0. The normalized spacial score (nSPS) is 15.6. The van der Waals surface area contributed by atoms with Crippen LogP contribution in [0, 0.1) is 0 Å². The lowest BCUT2D eigenvalue weighted by atomic mass is 10.7. The van der Waals surface area contributed by atoms with E-state index in [1.807, 2.05) is 0 Å². The first-order valence-corrected chi connectivity index (χ1v) is 2.28. The molecule has 5 nitrogen and oxygen atoms in total. The molecule has 1 amide bonds. The summed E-state index contributed by atoms with van der Waals surface area (Å²) in [7, 11) is 0. The van der Waals surface area contributed by atoms with Gasteiger partial charge < -0.3 is 11.1 Å². The van der Waals surface area contributed by atoms with Gasteiger partial charge in [-0.15, -0.1) is 0 Å². The Kier molecular flexibility index (Phi) is 1.35. The van der Waals surface area contributed by atoms with Gasteiger partial charge in [0.2, 0.25) is 6.41 Å². The van der Waals surface area contributed by atoms with Crippen molar-refractivity contribution in [1.29, 1.82) is 0 Å². The molecule has 5 heteroatoms. The van der Waals surface area contributed by atoms with Crippen LogP contribution in [0.4, 0.5) is 0 Å². The van der Waals surface area contributed by atoms with Crippen molar-refractivity contribution in [2.45, 2.75) is 0 Å². The topological polar surface area (TPSA) is 81.6 Å². The highest BCUT2D eigenvalue weighted by Crippen LogP contribution is 1.97. The molecular formula is C4H5N4O. The molecule has 0 aromatic carbocycles. The highest BCUT2D eigenvalue weighted by Gasteiger charge is 2.05. The van der Waals surface area contributed by atoms with Crippen LogP contribution in [0.25, 0.3) is 0 Å². The average Bonchev–Trinajstić information content (AvgIpc) is 2.18. The lowest BCUT2D eigenvalue weighted by molar-refractivity contribution is -0.108. The van der Waals surface area contributed by atoms with Crippen molar-refractivity contribution in [3.8, 4) is 0 Å². The van der Waals surface area contributed by atoms with E-state index in [4.69, 9.17) is 5.73 Å². The van der Waals surface area contributed by atoms with Gasteiger partial charge in [0.25, 0.3) is 0 Å². The number of nitrogens with two attached hydrogens (primary N) is 1. The molecule has 0 aromatic heterocycles. The monoisotopic (exact) mass is 125 g/mol. The van der Waals surface area contributed by atoms with E-state index in [1.165, 1.54) is 6.34 Å². The van der Waals surface area contributed by atoms with Crippen molar-refractivity contribution >= 4 is 12.7 Å². The van der Waals surface area contributed by atoms with Crippen LogP contribution in [0.15, 0.2) is 16.6 Å². The van der Waals surface area contributed by atoms with Gasteiger partial charge in [-0.25, -0.2) is 10.3 Å². The van der Waals surface area contributed by atoms with Crippen LogP contribution in [-0.2, 0) is 4.79 Å². The van der Waals surface area contributed by atoms with Gasteiger partial charge in [-0.1, -0.05) is 0 Å². The maximum atomic E-state index is 9.79. The van der Waals surface area contributed by atoms with E-state index in [0.29, 0.717) is 12.2 Å². The molecule has 1 rings (SSSR count). The molecule has 1 aliphatic rings. The zero-order chi connectivity index (χ0) is 6.69. The van der Waals surface area contributed by atoms with Gasteiger partial charge in [0.15, 0.2) is 11.6 Å². The Labute approximate surface area is 51.6 Å². The molecule has 1 aliphatic heterocycles. The molecule has 0 bridgehead atoms. The van der Waals surface area contributed by atoms with Crippen LogP contribution < -0.4 is 16.4 Å². The van der Waals surface area contributed by atoms with E-state index < -0.39 is 0 Å². The number of carbonyl (C=O) groups is 1. The number of hydrogen-bond donors (Lipinski definition) is 2. The third kappa shape index (κ3) is 0.987. The van der Waals surface area contributed by atoms with E-state index in [0.717, 1.165) is 0 Å². The Balaban J connectivity index is 2.64. The third-order valence-corrected chi connectivity index (χ3v) is 0.822. The standard InChI is InChI=1S/C4H5N4O/c5-3-4(8-2-9)7-1-6-3/h1-2H,5H2,(H,8,9). The predicted octanol–water partition coefficient (Wildman–Crippen LogP) is -1.54. The number of rotatable bonds is 2. The molecule has 0 atom stereocenters. The summed E-state index contributed by atoms with van der Waals surface area (Å²) in [6, 6.07) is 0. The van der Waals surface area contributed by atoms with E-state index in [9.17, 15) is 4.79 Å². The first-order chi connectivity index (χ1) is 4.34. The summed E-state index contributed by atoms with van der Waals surface area (Å²) in [4.78, 5) is 13.4. The van der Waals surface area contributed by atoms with Gasteiger partial charge in [0, 0.05) is 0 Å². The smallest absolute Gasteiger partial charge is 0.212 e. The van der Waals surface area contributed by atoms with Gasteiger partial charge in [-0.3, -0.25) is 4.79 Å². The molecule has 0 aromatic rings. The number of carbonyl (C=O) groups excluding carboxylic acids is 1. The van der Waals surface area contributed by atoms with Crippen LogP contribution in [0.5, 0.6) is 0 Å². The largest absolute Gasteiger partial charge is 0.381 e. The molecular weight excluding hydrogens is 120 g/mol. The highest BCUT2D eigenvalue weighted by atomic mass is 16.1. The lowest BCUT2D eigenvalue weighted by Crippen LogP contribution is -2.15. The van der Waals surface area contributed by atoms with Crippen molar-refractivity contribution in [3.05, 3.63) is 11.6 Å². The van der Waals surface area contributed by atoms with Gasteiger partial charge >= 0.3 is 0 Å². The molecule has 0 aliphatic carbocycles. The quantitative estimate of drug-likeness (QED) is 0.439. The van der Waals surface area contributed by atoms with Gasteiger partial charge in [-0.05, 0) is 0 Å². The second-order valence-electron chi connectivity index (χ2n) is 1.37. The van der Waals surface area contributed by atoms with Crippen LogP contribution in [0.3, 0.4) is 0 Å². The zero-order valence-corrected chi connectivity index (χ0v) is 4.53. The third-order valence-electron chi connectivity index (χ3n) is 0.822. The minimum absolute atomic E-state index is 0.238. The zero-order valence-electron chi connectivity index (χ0n) is 4.53. The molecule has 0 saturated carbocycles. The fourth-order valence-corrected chi connectivity index (χ4v) is 0.443. The fraction of sp³-hybridized carbons (Fsp3) is 0. The van der Waals surface area contributed by atoms with Crippen molar-refractivity contribution in [2.24, 2.45) is 10.7 Å². The molecule has 3 N–H and O–H groups in total. The highest BCUT2D eigenvalue weighted by molar-refractivity contribution is 5.64. The van der Waals surface area contributed by atoms with Crippen molar-refractivity contribution in [3.63, 3.8) is 0 Å². The van der Waals surface area contributed by atoms with Gasteiger partial charge in [0.1, 0.15) is 6.34 Å². The van der Waals surface area contributed by atoms with Crippen molar-refractivity contribution < 1.29 is 4.79 Å². The molecule has 0 fully saturated rings. The first kappa shape index (κ1) is 5.61. The maximum Gasteiger partial charge on any atom is 0.212 e. The Hall–Kier alpha value is -1.52. The molecule has 0 saturated heterocycles. The van der Waals surface area contributed by atoms with Crippen molar-refractivity contribution in [2.75, 3.05) is 0 Å². The molecule has 0 spiro atoms. The van der Waals surface area contributed by atoms with Gasteiger partial charge in [-0.2, -0.15) is 0 Å². The Morgan fingerprint density at radius 3 is 3.00 bits per heavy atom. The number of hydrogen-bond acceptors (Lipinski definition) is 3. The minimum atomic E-state index is 0.238. The summed E-state index contributed by atoms with van der Waals surface area (Å²) in [5.41, 5.74) is 5.23. The molecule has 1 heterocycles. The molecule has 1 radical (unpaired) electrons. The average molecular weight is 125 g/mol. The number of aliphatic imine (C=N–C) groups is 1. The van der Waals surface area contributed by atoms with Crippen LogP contribution >= 0.6 is 0 Å². The van der Waals surface area contributed by atoms with Crippen LogP contribution in [0.2, 0.25) is 0 Å². The van der Waals surface area contributed by atoms with Crippen LogP contribution in [-0.4, -0.2) is 12.7 Å².